The van der Waals surface area contributed by atoms with Gasteiger partial charge < -0.3 is 5.32 Å². The Morgan fingerprint density at radius 2 is 1.44 bits per heavy atom. The average Bonchev–Trinajstić information content (AvgIpc) is 2.60. The molecule has 3 aromatic rings. The minimum absolute atomic E-state index is 0.532. The molecule has 25 heavy (non-hydrogen) atoms. The maximum Gasteiger partial charge on any atom is 0.261 e. The van der Waals surface area contributed by atoms with E-state index in [0.717, 1.165) is 34.4 Å². The first kappa shape index (κ1) is 16.8. The van der Waals surface area contributed by atoms with Crippen LogP contribution in [-0.2, 0) is 0 Å². The smallest absolute Gasteiger partial charge is 0.261 e. The highest BCUT2D eigenvalue weighted by molar-refractivity contribution is 6.05. The number of carbonyl (C=O) groups excluding carboxylic acids is 1. The van der Waals surface area contributed by atoms with Crippen molar-refractivity contribution in [3.63, 3.8) is 0 Å². The van der Waals surface area contributed by atoms with Crippen LogP contribution >= 0.6 is 0 Å². The molecule has 1 amide bonds. The molecule has 1 N–H and O–H groups in total. The predicted molar refractivity (Wildman–Crippen MR) is 95.7 cm³/mol. The highest BCUT2D eigenvalue weighted by Gasteiger charge is 2.18. The van der Waals surface area contributed by atoms with Crippen LogP contribution in [-0.4, -0.2) is 5.91 Å². The van der Waals surface area contributed by atoms with Gasteiger partial charge in [-0.15, -0.1) is 0 Å². The Bertz CT molecular complexity index is 916. The normalized spacial score (nSPS) is 10.6. The van der Waals surface area contributed by atoms with E-state index >= 15 is 0 Å². The van der Waals surface area contributed by atoms with E-state index in [-0.39, 0.29) is 0 Å². The van der Waals surface area contributed by atoms with Gasteiger partial charge in [0.15, 0.2) is 0 Å². The number of carbonyl (C=O) groups is 1. The van der Waals surface area contributed by atoms with Gasteiger partial charge in [-0.05, 0) is 54.3 Å². The molecule has 0 heterocycles. The summed E-state index contributed by atoms with van der Waals surface area (Å²) in [6.45, 7) is 3.83. The summed E-state index contributed by atoms with van der Waals surface area (Å²) in [5, 5.41) is 2.61. The molecule has 0 aliphatic rings. The first-order valence-electron chi connectivity index (χ1n) is 7.90. The van der Waals surface area contributed by atoms with Gasteiger partial charge >= 0.3 is 0 Å². The summed E-state index contributed by atoms with van der Waals surface area (Å²) in [4.78, 5) is 12.3. The zero-order valence-corrected chi connectivity index (χ0v) is 13.9. The van der Waals surface area contributed by atoms with Crippen LogP contribution in [0, 0.1) is 25.5 Å². The third-order valence-corrected chi connectivity index (χ3v) is 4.31. The molecule has 3 aromatic carbocycles. The number of halogens is 2. The Balaban J connectivity index is 1.94. The lowest BCUT2D eigenvalue weighted by atomic mass is 9.96. The molecule has 0 atom stereocenters. The van der Waals surface area contributed by atoms with Gasteiger partial charge in [-0.1, -0.05) is 42.5 Å². The molecule has 2 nitrogen and oxygen atoms in total. The van der Waals surface area contributed by atoms with Crippen LogP contribution in [0.15, 0.2) is 60.7 Å². The molecule has 0 aromatic heterocycles. The van der Waals surface area contributed by atoms with E-state index < -0.39 is 23.1 Å². The van der Waals surface area contributed by atoms with Crippen molar-refractivity contribution in [3.8, 4) is 11.1 Å². The topological polar surface area (TPSA) is 29.1 Å². The molecule has 0 bridgehead atoms. The molecule has 3 rings (SSSR count). The molecule has 0 saturated heterocycles. The lowest BCUT2D eigenvalue weighted by molar-refractivity contribution is 0.101. The van der Waals surface area contributed by atoms with Crippen LogP contribution in [0.4, 0.5) is 14.5 Å². The van der Waals surface area contributed by atoms with E-state index in [9.17, 15) is 13.6 Å². The first-order chi connectivity index (χ1) is 12.0. The second-order valence-corrected chi connectivity index (χ2v) is 5.83. The molecule has 4 heteroatoms. The van der Waals surface area contributed by atoms with Gasteiger partial charge in [-0.2, -0.15) is 0 Å². The quantitative estimate of drug-likeness (QED) is 0.672. The molecule has 0 unspecified atom stereocenters. The van der Waals surface area contributed by atoms with Gasteiger partial charge in [0.25, 0.3) is 5.91 Å². The van der Waals surface area contributed by atoms with E-state index in [1.54, 1.807) is 6.07 Å². The molecule has 0 saturated carbocycles. The summed E-state index contributed by atoms with van der Waals surface area (Å²) in [5.74, 6) is -2.56. The SMILES string of the molecule is Cc1c(NC(=O)c2c(F)cccc2F)ccc(-c2ccccc2)c1C. The van der Waals surface area contributed by atoms with Crippen molar-refractivity contribution in [2.45, 2.75) is 13.8 Å². The summed E-state index contributed by atoms with van der Waals surface area (Å²) in [6.07, 6.45) is 0. The van der Waals surface area contributed by atoms with Crippen molar-refractivity contribution in [3.05, 3.63) is 89.0 Å². The molecule has 126 valence electrons. The summed E-state index contributed by atoms with van der Waals surface area (Å²) >= 11 is 0. The molecule has 0 aliphatic carbocycles. The third kappa shape index (κ3) is 3.29. The minimum atomic E-state index is -0.882. The van der Waals surface area contributed by atoms with Gasteiger partial charge in [0, 0.05) is 5.69 Å². The van der Waals surface area contributed by atoms with Gasteiger partial charge in [0.2, 0.25) is 0 Å². The maximum atomic E-state index is 13.8. The zero-order valence-electron chi connectivity index (χ0n) is 13.9. The van der Waals surface area contributed by atoms with Crippen molar-refractivity contribution in [2.75, 3.05) is 5.32 Å². The second-order valence-electron chi connectivity index (χ2n) is 5.83. The standard InChI is InChI=1S/C21H17F2NO/c1-13-14(2)19(12-11-16(13)15-7-4-3-5-8-15)24-21(25)20-17(22)9-6-10-18(20)23/h3-12H,1-2H3,(H,24,25). The summed E-state index contributed by atoms with van der Waals surface area (Å²) in [5.41, 5.74) is 3.93. The fraction of sp³-hybridized carbons (Fsp3) is 0.0952. The van der Waals surface area contributed by atoms with E-state index in [1.807, 2.05) is 50.2 Å². The fourth-order valence-electron chi connectivity index (χ4n) is 2.79. The molecule has 0 spiro atoms. The Labute approximate surface area is 145 Å². The summed E-state index contributed by atoms with van der Waals surface area (Å²) < 4.78 is 27.5. The molecule has 0 aliphatic heterocycles. The van der Waals surface area contributed by atoms with Gasteiger partial charge in [-0.25, -0.2) is 8.78 Å². The van der Waals surface area contributed by atoms with Crippen LogP contribution in [0.1, 0.15) is 21.5 Å². The van der Waals surface area contributed by atoms with E-state index in [4.69, 9.17) is 0 Å². The van der Waals surface area contributed by atoms with E-state index in [2.05, 4.69) is 5.32 Å². The van der Waals surface area contributed by atoms with Crippen LogP contribution < -0.4 is 5.32 Å². The van der Waals surface area contributed by atoms with Crippen molar-refractivity contribution in [1.82, 2.24) is 0 Å². The molecular formula is C21H17F2NO. The largest absolute Gasteiger partial charge is 0.322 e. The highest BCUT2D eigenvalue weighted by atomic mass is 19.1. The highest BCUT2D eigenvalue weighted by Crippen LogP contribution is 2.30. The Kier molecular flexibility index (Phi) is 4.61. The van der Waals surface area contributed by atoms with Crippen LogP contribution in [0.3, 0.4) is 0 Å². The average molecular weight is 337 g/mol. The second kappa shape index (κ2) is 6.85. The zero-order chi connectivity index (χ0) is 18.0. The number of benzene rings is 3. The van der Waals surface area contributed by atoms with Crippen molar-refractivity contribution in [2.24, 2.45) is 0 Å². The molecular weight excluding hydrogens is 320 g/mol. The lowest BCUT2D eigenvalue weighted by Gasteiger charge is -2.15. The predicted octanol–water partition coefficient (Wildman–Crippen LogP) is 5.50. The van der Waals surface area contributed by atoms with Crippen molar-refractivity contribution in [1.29, 1.82) is 0 Å². The number of hydrogen-bond donors (Lipinski definition) is 1. The summed E-state index contributed by atoms with van der Waals surface area (Å²) in [6, 6.07) is 16.9. The first-order valence-corrected chi connectivity index (χ1v) is 7.90. The Hall–Kier alpha value is -3.01. The van der Waals surface area contributed by atoms with Crippen LogP contribution in [0.2, 0.25) is 0 Å². The van der Waals surface area contributed by atoms with Crippen molar-refractivity contribution >= 4 is 11.6 Å². The van der Waals surface area contributed by atoms with Crippen LogP contribution in [0.25, 0.3) is 11.1 Å². The maximum absolute atomic E-state index is 13.8. The van der Waals surface area contributed by atoms with Gasteiger partial charge in [-0.3, -0.25) is 4.79 Å². The fourth-order valence-corrected chi connectivity index (χ4v) is 2.79. The monoisotopic (exact) mass is 337 g/mol. The number of hydrogen-bond acceptors (Lipinski definition) is 1. The van der Waals surface area contributed by atoms with E-state index in [1.165, 1.54) is 6.07 Å². The Morgan fingerprint density at radius 3 is 2.08 bits per heavy atom. The summed E-state index contributed by atoms with van der Waals surface area (Å²) in [7, 11) is 0. The van der Waals surface area contributed by atoms with Crippen LogP contribution in [0.5, 0.6) is 0 Å². The van der Waals surface area contributed by atoms with Gasteiger partial charge in [0.05, 0.1) is 0 Å². The lowest BCUT2D eigenvalue weighted by Crippen LogP contribution is -2.16. The van der Waals surface area contributed by atoms with Crippen molar-refractivity contribution < 1.29 is 13.6 Å². The minimum Gasteiger partial charge on any atom is -0.322 e. The number of anilines is 1. The van der Waals surface area contributed by atoms with Gasteiger partial charge in [0.1, 0.15) is 17.2 Å². The Morgan fingerprint density at radius 1 is 0.800 bits per heavy atom. The number of nitrogens with one attached hydrogen (secondary N) is 1. The third-order valence-electron chi connectivity index (χ3n) is 4.31. The number of amides is 1. The molecule has 0 fully saturated rings. The number of rotatable bonds is 3. The molecule has 0 radical (unpaired) electrons. The van der Waals surface area contributed by atoms with E-state index in [0.29, 0.717) is 5.69 Å².